The fourth-order valence-corrected chi connectivity index (χ4v) is 3.48. The minimum absolute atomic E-state index is 0.172. The van der Waals surface area contributed by atoms with Crippen molar-refractivity contribution in [2.75, 3.05) is 13.2 Å². The lowest BCUT2D eigenvalue weighted by Gasteiger charge is -2.06. The van der Waals surface area contributed by atoms with E-state index >= 15 is 0 Å². The van der Waals surface area contributed by atoms with E-state index in [-0.39, 0.29) is 11.9 Å². The van der Waals surface area contributed by atoms with Gasteiger partial charge in [0.2, 0.25) is 0 Å². The summed E-state index contributed by atoms with van der Waals surface area (Å²) in [6.45, 7) is 2.83. The molecule has 4 heteroatoms. The van der Waals surface area contributed by atoms with E-state index in [0.717, 1.165) is 44.9 Å². The average molecular weight is 483 g/mol. The maximum atomic E-state index is 11.8. The molecule has 0 saturated heterocycles. The zero-order valence-corrected chi connectivity index (χ0v) is 21.8. The molecule has 4 nitrogen and oxygen atoms in total. The molecule has 194 valence electrons. The van der Waals surface area contributed by atoms with E-state index in [0.29, 0.717) is 32.5 Å². The number of rotatable bonds is 21. The molecule has 1 aromatic carbocycles. The lowest BCUT2D eigenvalue weighted by Crippen LogP contribution is -2.10. The van der Waals surface area contributed by atoms with Crippen molar-refractivity contribution in [3.05, 3.63) is 72.4 Å². The highest BCUT2D eigenvalue weighted by molar-refractivity contribution is 5.69. The molecule has 1 rings (SSSR count). The number of esters is 2. The van der Waals surface area contributed by atoms with E-state index in [4.69, 9.17) is 9.47 Å². The first kappa shape index (κ1) is 30.4. The van der Waals surface area contributed by atoms with Crippen LogP contribution in [0.5, 0.6) is 0 Å². The topological polar surface area (TPSA) is 52.6 Å². The van der Waals surface area contributed by atoms with Gasteiger partial charge in [0.25, 0.3) is 0 Å². The maximum Gasteiger partial charge on any atom is 0.305 e. The van der Waals surface area contributed by atoms with Crippen molar-refractivity contribution in [3.63, 3.8) is 0 Å². The standard InChI is InChI=1S/C31H46O4/c1-2-3-4-5-6-7-8-9-10-11-12-13-14-15-19-25-30(32)34-27-21-28-35-31(33)26-20-24-29-22-17-16-18-23-29/h6-7,9-10,12-13,16-18,22-23H,2-5,8,11,14-15,19-21,24-28H2,1H3. The molecule has 1 aromatic rings. The SMILES string of the molecule is CCCCCC=CCC=CCC=CCCCCC(=O)OCCCOC(=O)CCCc1ccccc1. The Bertz CT molecular complexity index is 734. The van der Waals surface area contributed by atoms with E-state index in [9.17, 15) is 9.59 Å². The number of carbonyl (C=O) groups excluding carboxylic acids is 2. The van der Waals surface area contributed by atoms with Gasteiger partial charge < -0.3 is 9.47 Å². The highest BCUT2D eigenvalue weighted by atomic mass is 16.5. The first-order valence-corrected chi connectivity index (χ1v) is 13.5. The number of allylic oxidation sites excluding steroid dienone is 6. The van der Waals surface area contributed by atoms with Gasteiger partial charge in [0, 0.05) is 19.3 Å². The van der Waals surface area contributed by atoms with E-state index in [1.165, 1.54) is 31.2 Å². The fourth-order valence-electron chi connectivity index (χ4n) is 3.48. The first-order valence-electron chi connectivity index (χ1n) is 13.5. The molecule has 0 aliphatic heterocycles. The van der Waals surface area contributed by atoms with Crippen LogP contribution in [0.15, 0.2) is 66.8 Å². The summed E-state index contributed by atoms with van der Waals surface area (Å²) in [5.41, 5.74) is 1.23. The van der Waals surface area contributed by atoms with Crippen molar-refractivity contribution < 1.29 is 19.1 Å². The fraction of sp³-hybridized carbons (Fsp3) is 0.548. The van der Waals surface area contributed by atoms with Gasteiger partial charge in [-0.1, -0.05) is 86.6 Å². The predicted octanol–water partition coefficient (Wildman–Crippen LogP) is 8.08. The Hall–Kier alpha value is -2.62. The van der Waals surface area contributed by atoms with Crippen molar-refractivity contribution in [1.29, 1.82) is 0 Å². The second kappa shape index (κ2) is 23.1. The third-order valence-electron chi connectivity index (χ3n) is 5.52. The van der Waals surface area contributed by atoms with Gasteiger partial charge in [-0.25, -0.2) is 0 Å². The van der Waals surface area contributed by atoms with Crippen molar-refractivity contribution in [3.8, 4) is 0 Å². The molecule has 0 N–H and O–H groups in total. The molecule has 0 spiro atoms. The van der Waals surface area contributed by atoms with E-state index < -0.39 is 0 Å². The number of unbranched alkanes of at least 4 members (excludes halogenated alkanes) is 5. The van der Waals surface area contributed by atoms with E-state index in [2.05, 4.69) is 55.5 Å². The average Bonchev–Trinajstić information content (AvgIpc) is 2.87. The molecule has 0 heterocycles. The first-order chi connectivity index (χ1) is 17.2. The second-order valence-corrected chi connectivity index (χ2v) is 8.76. The number of benzene rings is 1. The molecule has 0 bridgehead atoms. The number of aryl methyl sites for hydroxylation is 1. The Balaban J connectivity index is 1.87. The monoisotopic (exact) mass is 482 g/mol. The normalized spacial score (nSPS) is 11.6. The third-order valence-corrected chi connectivity index (χ3v) is 5.52. The van der Waals surface area contributed by atoms with Crippen LogP contribution in [0.2, 0.25) is 0 Å². The van der Waals surface area contributed by atoms with Crippen LogP contribution in [-0.2, 0) is 25.5 Å². The molecule has 0 unspecified atom stereocenters. The third kappa shape index (κ3) is 20.5. The van der Waals surface area contributed by atoms with E-state index in [1.54, 1.807) is 0 Å². The minimum atomic E-state index is -0.189. The van der Waals surface area contributed by atoms with Crippen LogP contribution in [0.3, 0.4) is 0 Å². The molecule has 35 heavy (non-hydrogen) atoms. The van der Waals surface area contributed by atoms with Gasteiger partial charge in [0.15, 0.2) is 0 Å². The highest BCUT2D eigenvalue weighted by Crippen LogP contribution is 2.06. The van der Waals surface area contributed by atoms with Crippen LogP contribution >= 0.6 is 0 Å². The van der Waals surface area contributed by atoms with Gasteiger partial charge in [-0.15, -0.1) is 0 Å². The largest absolute Gasteiger partial charge is 0.466 e. The van der Waals surface area contributed by atoms with Crippen LogP contribution in [0, 0.1) is 0 Å². The molecule has 0 amide bonds. The number of hydrogen-bond acceptors (Lipinski definition) is 4. The van der Waals surface area contributed by atoms with Gasteiger partial charge in [0.05, 0.1) is 13.2 Å². The van der Waals surface area contributed by atoms with Gasteiger partial charge in [-0.2, -0.15) is 0 Å². The molecule has 0 saturated carbocycles. The molecule has 0 radical (unpaired) electrons. The zero-order valence-electron chi connectivity index (χ0n) is 21.8. The van der Waals surface area contributed by atoms with E-state index in [1.807, 2.05) is 18.2 Å². The van der Waals surface area contributed by atoms with Crippen LogP contribution in [0.1, 0.15) is 96.0 Å². The summed E-state index contributed by atoms with van der Waals surface area (Å²) < 4.78 is 10.4. The van der Waals surface area contributed by atoms with Crippen molar-refractivity contribution in [1.82, 2.24) is 0 Å². The maximum absolute atomic E-state index is 11.8. The Kier molecular flexibility index (Phi) is 20.1. The minimum Gasteiger partial charge on any atom is -0.466 e. The van der Waals surface area contributed by atoms with Crippen molar-refractivity contribution in [2.24, 2.45) is 0 Å². The van der Waals surface area contributed by atoms with Gasteiger partial charge >= 0.3 is 11.9 Å². The summed E-state index contributed by atoms with van der Waals surface area (Å²) in [6.07, 6.45) is 26.2. The molecule has 0 fully saturated rings. The summed E-state index contributed by atoms with van der Waals surface area (Å²) in [7, 11) is 0. The number of hydrogen-bond donors (Lipinski definition) is 0. The molecular weight excluding hydrogens is 436 g/mol. The number of carbonyl (C=O) groups is 2. The van der Waals surface area contributed by atoms with Crippen LogP contribution in [-0.4, -0.2) is 25.2 Å². The summed E-state index contributed by atoms with van der Waals surface area (Å²) in [5.74, 6) is -0.362. The van der Waals surface area contributed by atoms with Gasteiger partial charge in [0.1, 0.15) is 0 Å². The molecular formula is C31H46O4. The molecule has 0 aliphatic rings. The summed E-state index contributed by atoms with van der Waals surface area (Å²) in [6, 6.07) is 10.1. The Morgan fingerprint density at radius 2 is 1.20 bits per heavy atom. The Labute approximate surface area is 213 Å². The zero-order chi connectivity index (χ0) is 25.2. The van der Waals surface area contributed by atoms with Crippen LogP contribution in [0.25, 0.3) is 0 Å². The van der Waals surface area contributed by atoms with Gasteiger partial charge in [-0.3, -0.25) is 9.59 Å². The summed E-state index contributed by atoms with van der Waals surface area (Å²) >= 11 is 0. The Morgan fingerprint density at radius 3 is 1.80 bits per heavy atom. The highest BCUT2D eigenvalue weighted by Gasteiger charge is 2.05. The molecule has 0 aliphatic carbocycles. The predicted molar refractivity (Wildman–Crippen MR) is 145 cm³/mol. The lowest BCUT2D eigenvalue weighted by atomic mass is 10.1. The summed E-state index contributed by atoms with van der Waals surface area (Å²) in [5, 5.41) is 0. The summed E-state index contributed by atoms with van der Waals surface area (Å²) in [4.78, 5) is 23.5. The van der Waals surface area contributed by atoms with Crippen LogP contribution < -0.4 is 0 Å². The molecule has 0 aromatic heterocycles. The second-order valence-electron chi connectivity index (χ2n) is 8.76. The quantitative estimate of drug-likeness (QED) is 0.101. The van der Waals surface area contributed by atoms with Gasteiger partial charge in [-0.05, 0) is 63.4 Å². The van der Waals surface area contributed by atoms with Crippen LogP contribution in [0.4, 0.5) is 0 Å². The smallest absolute Gasteiger partial charge is 0.305 e. The molecule has 0 atom stereocenters. The van der Waals surface area contributed by atoms with Crippen molar-refractivity contribution in [2.45, 2.75) is 96.8 Å². The lowest BCUT2D eigenvalue weighted by molar-refractivity contribution is -0.146. The Morgan fingerprint density at radius 1 is 0.657 bits per heavy atom. The van der Waals surface area contributed by atoms with Crippen molar-refractivity contribution >= 4 is 11.9 Å². The number of ether oxygens (including phenoxy) is 2.